The molecule has 0 heterocycles. The van der Waals surface area contributed by atoms with Crippen molar-refractivity contribution in [1.29, 1.82) is 0 Å². The summed E-state index contributed by atoms with van der Waals surface area (Å²) >= 11 is 0. The van der Waals surface area contributed by atoms with Crippen LogP contribution in [0.4, 0.5) is 5.69 Å². The third kappa shape index (κ3) is 7.10. The molecule has 0 spiro atoms. The van der Waals surface area contributed by atoms with Gasteiger partial charge < -0.3 is 16.0 Å². The van der Waals surface area contributed by atoms with E-state index in [2.05, 4.69) is 22.0 Å². The van der Waals surface area contributed by atoms with Gasteiger partial charge in [0.05, 0.1) is 6.54 Å². The van der Waals surface area contributed by atoms with Crippen molar-refractivity contribution in [3.05, 3.63) is 41.5 Å². The number of hydrogen-bond donors (Lipinski definition) is 3. The van der Waals surface area contributed by atoms with Gasteiger partial charge in [0.2, 0.25) is 5.91 Å². The fourth-order valence-electron chi connectivity index (χ4n) is 2.87. The molecule has 0 saturated carbocycles. The maximum absolute atomic E-state index is 12.0. The van der Waals surface area contributed by atoms with Crippen molar-refractivity contribution in [2.45, 2.75) is 45.4 Å². The van der Waals surface area contributed by atoms with Crippen LogP contribution in [0.1, 0.15) is 55.8 Å². The van der Waals surface area contributed by atoms with Crippen LogP contribution >= 0.6 is 0 Å². The molecule has 1 aliphatic rings. The van der Waals surface area contributed by atoms with Crippen molar-refractivity contribution in [3.63, 3.8) is 0 Å². The van der Waals surface area contributed by atoms with E-state index in [1.54, 1.807) is 24.3 Å². The summed E-state index contributed by atoms with van der Waals surface area (Å²) < 4.78 is 0. The highest BCUT2D eigenvalue weighted by atomic mass is 16.2. The lowest BCUT2D eigenvalue weighted by molar-refractivity contribution is -0.115. The van der Waals surface area contributed by atoms with Gasteiger partial charge in [-0.1, -0.05) is 24.6 Å². The Hall–Kier alpha value is -2.14. The first-order valence-corrected chi connectivity index (χ1v) is 9.25. The Balaban J connectivity index is 1.72. The lowest BCUT2D eigenvalue weighted by Crippen LogP contribution is -2.29. The van der Waals surface area contributed by atoms with Gasteiger partial charge in [-0.25, -0.2) is 0 Å². The zero-order valence-electron chi connectivity index (χ0n) is 15.1. The minimum Gasteiger partial charge on any atom is -0.352 e. The molecule has 1 aromatic carbocycles. The third-order valence-corrected chi connectivity index (χ3v) is 4.24. The molecule has 3 N–H and O–H groups in total. The number of amides is 2. The first kappa shape index (κ1) is 19.2. The largest absolute Gasteiger partial charge is 0.352 e. The Morgan fingerprint density at radius 3 is 2.80 bits per heavy atom. The van der Waals surface area contributed by atoms with Gasteiger partial charge in [-0.2, -0.15) is 0 Å². The predicted octanol–water partition coefficient (Wildman–Crippen LogP) is 3.25. The van der Waals surface area contributed by atoms with E-state index >= 15 is 0 Å². The summed E-state index contributed by atoms with van der Waals surface area (Å²) in [5.41, 5.74) is 2.71. The zero-order valence-corrected chi connectivity index (χ0v) is 15.1. The van der Waals surface area contributed by atoms with Gasteiger partial charge in [-0.15, -0.1) is 0 Å². The van der Waals surface area contributed by atoms with Crippen LogP contribution in [0.5, 0.6) is 0 Å². The van der Waals surface area contributed by atoms with E-state index in [9.17, 15) is 9.59 Å². The SMILES string of the molecule is CCCNC(=O)c1cccc(NC(=O)CNCCC2=CCCCC2)c1. The van der Waals surface area contributed by atoms with Gasteiger partial charge in [0.1, 0.15) is 0 Å². The van der Waals surface area contributed by atoms with Crippen LogP contribution in [0, 0.1) is 0 Å². The van der Waals surface area contributed by atoms with Gasteiger partial charge in [0, 0.05) is 17.8 Å². The van der Waals surface area contributed by atoms with E-state index in [4.69, 9.17) is 0 Å². The molecule has 2 amide bonds. The first-order valence-electron chi connectivity index (χ1n) is 9.25. The Morgan fingerprint density at radius 1 is 1.16 bits per heavy atom. The molecule has 0 aromatic heterocycles. The summed E-state index contributed by atoms with van der Waals surface area (Å²) in [5.74, 6) is -0.208. The number of carbonyl (C=O) groups is 2. The molecule has 0 bridgehead atoms. The molecule has 1 aromatic rings. The van der Waals surface area contributed by atoms with Gasteiger partial charge in [-0.3, -0.25) is 9.59 Å². The fourth-order valence-corrected chi connectivity index (χ4v) is 2.87. The number of hydrogen-bond acceptors (Lipinski definition) is 3. The van der Waals surface area contributed by atoms with Gasteiger partial charge in [-0.05, 0) is 63.3 Å². The fraction of sp³-hybridized carbons (Fsp3) is 0.500. The molecular formula is C20H29N3O2. The number of nitrogens with one attached hydrogen (secondary N) is 3. The molecule has 0 unspecified atom stereocenters. The number of benzene rings is 1. The highest BCUT2D eigenvalue weighted by molar-refractivity contribution is 5.97. The first-order chi connectivity index (χ1) is 12.2. The van der Waals surface area contributed by atoms with Crippen LogP contribution in [-0.2, 0) is 4.79 Å². The van der Waals surface area contributed by atoms with Crippen molar-refractivity contribution in [1.82, 2.24) is 10.6 Å². The summed E-state index contributed by atoms with van der Waals surface area (Å²) in [6, 6.07) is 7.02. The van der Waals surface area contributed by atoms with Crippen LogP contribution in [0.3, 0.4) is 0 Å². The summed E-state index contributed by atoms with van der Waals surface area (Å²) in [5, 5.41) is 8.85. The highest BCUT2D eigenvalue weighted by Gasteiger charge is 2.08. The smallest absolute Gasteiger partial charge is 0.251 e. The van der Waals surface area contributed by atoms with Crippen molar-refractivity contribution >= 4 is 17.5 Å². The Labute approximate surface area is 150 Å². The summed E-state index contributed by atoms with van der Waals surface area (Å²) in [7, 11) is 0. The highest BCUT2D eigenvalue weighted by Crippen LogP contribution is 2.19. The van der Waals surface area contributed by atoms with E-state index in [1.807, 2.05) is 6.92 Å². The van der Waals surface area contributed by atoms with Crippen LogP contribution in [0.25, 0.3) is 0 Å². The van der Waals surface area contributed by atoms with E-state index < -0.39 is 0 Å². The number of allylic oxidation sites excluding steroid dienone is 1. The molecule has 0 fully saturated rings. The lowest BCUT2D eigenvalue weighted by atomic mass is 9.97. The second kappa shape index (κ2) is 10.7. The monoisotopic (exact) mass is 343 g/mol. The van der Waals surface area contributed by atoms with E-state index in [0.717, 1.165) is 19.4 Å². The average molecular weight is 343 g/mol. The van der Waals surface area contributed by atoms with Crippen LogP contribution in [0.2, 0.25) is 0 Å². The molecule has 2 rings (SSSR count). The average Bonchev–Trinajstić information content (AvgIpc) is 2.64. The third-order valence-electron chi connectivity index (χ3n) is 4.24. The zero-order chi connectivity index (χ0) is 17.9. The normalized spacial score (nSPS) is 13.9. The van der Waals surface area contributed by atoms with Crippen molar-refractivity contribution in [3.8, 4) is 0 Å². The Bertz CT molecular complexity index is 611. The Kier molecular flexibility index (Phi) is 8.19. The van der Waals surface area contributed by atoms with E-state index in [0.29, 0.717) is 17.8 Å². The second-order valence-corrected chi connectivity index (χ2v) is 6.42. The number of rotatable bonds is 9. The minimum absolute atomic E-state index is 0.0938. The van der Waals surface area contributed by atoms with E-state index in [-0.39, 0.29) is 18.4 Å². The van der Waals surface area contributed by atoms with Crippen molar-refractivity contribution in [2.24, 2.45) is 0 Å². The molecular weight excluding hydrogens is 314 g/mol. The summed E-state index contributed by atoms with van der Waals surface area (Å²) in [6.07, 6.45) is 9.22. The topological polar surface area (TPSA) is 70.2 Å². The van der Waals surface area contributed by atoms with Gasteiger partial charge in [0.25, 0.3) is 5.91 Å². The lowest BCUT2D eigenvalue weighted by Gasteiger charge is -2.13. The number of carbonyl (C=O) groups excluding carboxylic acids is 2. The maximum atomic E-state index is 12.0. The molecule has 5 heteroatoms. The second-order valence-electron chi connectivity index (χ2n) is 6.42. The minimum atomic E-state index is -0.114. The summed E-state index contributed by atoms with van der Waals surface area (Å²) in [6.45, 7) is 3.75. The van der Waals surface area contributed by atoms with Crippen molar-refractivity contribution < 1.29 is 9.59 Å². The van der Waals surface area contributed by atoms with E-state index in [1.165, 1.54) is 31.3 Å². The molecule has 25 heavy (non-hydrogen) atoms. The Morgan fingerprint density at radius 2 is 2.04 bits per heavy atom. The molecule has 0 saturated heterocycles. The van der Waals surface area contributed by atoms with Crippen LogP contribution < -0.4 is 16.0 Å². The standard InChI is InChI=1S/C20H29N3O2/c1-2-12-22-20(25)17-9-6-10-18(14-17)23-19(24)15-21-13-11-16-7-4-3-5-8-16/h6-7,9-10,14,21H,2-5,8,11-13,15H2,1H3,(H,22,25)(H,23,24). The molecule has 136 valence electrons. The molecule has 0 radical (unpaired) electrons. The van der Waals surface area contributed by atoms with Crippen molar-refractivity contribution in [2.75, 3.05) is 25.0 Å². The molecule has 5 nitrogen and oxygen atoms in total. The van der Waals surface area contributed by atoms with Gasteiger partial charge >= 0.3 is 0 Å². The number of anilines is 1. The van der Waals surface area contributed by atoms with Crippen LogP contribution in [0.15, 0.2) is 35.9 Å². The molecule has 0 atom stereocenters. The predicted molar refractivity (Wildman–Crippen MR) is 102 cm³/mol. The molecule has 1 aliphatic carbocycles. The van der Waals surface area contributed by atoms with Crippen LogP contribution in [-0.4, -0.2) is 31.4 Å². The maximum Gasteiger partial charge on any atom is 0.251 e. The summed E-state index contributed by atoms with van der Waals surface area (Å²) in [4.78, 5) is 24.0. The quantitative estimate of drug-likeness (QED) is 0.476. The van der Waals surface area contributed by atoms with Gasteiger partial charge in [0.15, 0.2) is 0 Å². The molecule has 0 aliphatic heterocycles.